The fourth-order valence-corrected chi connectivity index (χ4v) is 3.17. The summed E-state index contributed by atoms with van der Waals surface area (Å²) in [6.45, 7) is 5.29. The molecule has 24 heavy (non-hydrogen) atoms. The topological polar surface area (TPSA) is 67.5 Å². The average molecular weight is 325 g/mol. The first kappa shape index (κ1) is 15.0. The predicted molar refractivity (Wildman–Crippen MR) is 92.6 cm³/mol. The fraction of sp³-hybridized carbons (Fsp3) is 0.333. The molecule has 0 amide bonds. The van der Waals surface area contributed by atoms with E-state index in [2.05, 4.69) is 9.88 Å². The zero-order valence-electron chi connectivity index (χ0n) is 13.5. The fourth-order valence-electron chi connectivity index (χ4n) is 3.17. The summed E-state index contributed by atoms with van der Waals surface area (Å²) in [5, 5.41) is 1.80. The van der Waals surface area contributed by atoms with Gasteiger partial charge in [0.1, 0.15) is 11.5 Å². The second-order valence-corrected chi connectivity index (χ2v) is 5.74. The Morgan fingerprint density at radius 2 is 2.12 bits per heavy atom. The summed E-state index contributed by atoms with van der Waals surface area (Å²) < 4.78 is 10.6. The lowest BCUT2D eigenvalue weighted by Crippen LogP contribution is -2.36. The number of esters is 1. The van der Waals surface area contributed by atoms with E-state index in [1.54, 1.807) is 6.07 Å². The molecule has 4 rings (SSSR count). The van der Waals surface area contributed by atoms with Gasteiger partial charge in [-0.15, -0.1) is 0 Å². The lowest BCUT2D eigenvalue weighted by Gasteiger charge is -2.27. The number of anilines is 1. The number of aromatic amines is 1. The number of fused-ring (bicyclic) bond motifs is 3. The van der Waals surface area contributed by atoms with Gasteiger partial charge in [0.25, 0.3) is 0 Å². The van der Waals surface area contributed by atoms with E-state index in [0.29, 0.717) is 12.2 Å². The Balaban J connectivity index is 1.83. The third-order valence-electron chi connectivity index (χ3n) is 4.30. The summed E-state index contributed by atoms with van der Waals surface area (Å²) in [5.74, 6) is 0.622. The number of benzene rings is 1. The number of hydrogen-bond donors (Lipinski definition) is 1. The van der Waals surface area contributed by atoms with Gasteiger partial charge in [-0.1, -0.05) is 6.07 Å². The highest BCUT2D eigenvalue weighted by Crippen LogP contribution is 2.29. The molecule has 0 saturated carbocycles. The Labute approximate surface area is 139 Å². The smallest absolute Gasteiger partial charge is 0.338 e. The van der Waals surface area contributed by atoms with Crippen LogP contribution in [0.25, 0.3) is 21.9 Å². The van der Waals surface area contributed by atoms with Gasteiger partial charge in [-0.25, -0.2) is 9.78 Å². The summed E-state index contributed by atoms with van der Waals surface area (Å²) in [6, 6.07) is 9.63. The van der Waals surface area contributed by atoms with Crippen LogP contribution in [0.3, 0.4) is 0 Å². The molecule has 3 aromatic rings. The van der Waals surface area contributed by atoms with Gasteiger partial charge in [-0.3, -0.25) is 0 Å². The number of nitrogens with zero attached hydrogens (tertiary/aromatic N) is 2. The number of nitrogens with one attached hydrogen (secondary N) is 1. The van der Waals surface area contributed by atoms with E-state index in [0.717, 1.165) is 54.1 Å². The summed E-state index contributed by atoms with van der Waals surface area (Å²) in [5.41, 5.74) is 2.24. The van der Waals surface area contributed by atoms with Crippen LogP contribution < -0.4 is 4.90 Å². The lowest BCUT2D eigenvalue weighted by atomic mass is 10.1. The minimum atomic E-state index is -0.304. The number of rotatable bonds is 3. The van der Waals surface area contributed by atoms with Crippen molar-refractivity contribution in [3.8, 4) is 0 Å². The van der Waals surface area contributed by atoms with Crippen molar-refractivity contribution in [3.63, 3.8) is 0 Å². The summed E-state index contributed by atoms with van der Waals surface area (Å²) in [4.78, 5) is 22.5. The normalized spacial score (nSPS) is 15.1. The largest absolute Gasteiger partial charge is 0.462 e. The number of pyridine rings is 1. The molecule has 6 heteroatoms. The van der Waals surface area contributed by atoms with Crippen molar-refractivity contribution in [2.24, 2.45) is 0 Å². The number of H-pyrrole nitrogens is 1. The van der Waals surface area contributed by atoms with Crippen LogP contribution in [0, 0.1) is 0 Å². The SMILES string of the molecule is CCOC(=O)c1cccc2[nH]c3nc(N4CCOCC4)ccc3c12. The molecule has 3 heterocycles. The van der Waals surface area contributed by atoms with Crippen molar-refractivity contribution in [1.29, 1.82) is 0 Å². The van der Waals surface area contributed by atoms with E-state index in [1.807, 2.05) is 31.2 Å². The first-order valence-electron chi connectivity index (χ1n) is 8.19. The first-order chi connectivity index (χ1) is 11.8. The van der Waals surface area contributed by atoms with Gasteiger partial charge in [-0.2, -0.15) is 0 Å². The van der Waals surface area contributed by atoms with Crippen LogP contribution in [0.5, 0.6) is 0 Å². The molecule has 1 fully saturated rings. The molecule has 0 aliphatic carbocycles. The molecule has 1 aliphatic heterocycles. The maximum Gasteiger partial charge on any atom is 0.338 e. The second kappa shape index (κ2) is 6.13. The maximum atomic E-state index is 12.2. The Kier molecular flexibility index (Phi) is 3.82. The van der Waals surface area contributed by atoms with E-state index in [9.17, 15) is 4.79 Å². The van der Waals surface area contributed by atoms with Crippen LogP contribution in [0.4, 0.5) is 5.82 Å². The minimum absolute atomic E-state index is 0.304. The molecule has 6 nitrogen and oxygen atoms in total. The Hall–Kier alpha value is -2.60. The minimum Gasteiger partial charge on any atom is -0.462 e. The molecule has 0 bridgehead atoms. The van der Waals surface area contributed by atoms with Gasteiger partial charge < -0.3 is 19.4 Å². The Morgan fingerprint density at radius 1 is 1.29 bits per heavy atom. The van der Waals surface area contributed by atoms with Gasteiger partial charge in [0, 0.05) is 29.4 Å². The highest BCUT2D eigenvalue weighted by molar-refractivity contribution is 6.15. The molecule has 0 unspecified atom stereocenters. The van der Waals surface area contributed by atoms with Crippen LogP contribution >= 0.6 is 0 Å². The van der Waals surface area contributed by atoms with Crippen LogP contribution in [0.2, 0.25) is 0 Å². The van der Waals surface area contributed by atoms with Gasteiger partial charge in [0.15, 0.2) is 0 Å². The number of ether oxygens (including phenoxy) is 2. The number of hydrogen-bond acceptors (Lipinski definition) is 5. The Morgan fingerprint density at radius 3 is 2.92 bits per heavy atom. The van der Waals surface area contributed by atoms with Crippen molar-refractivity contribution in [2.75, 3.05) is 37.8 Å². The number of carbonyl (C=O) groups is 1. The molecule has 1 aliphatic rings. The average Bonchev–Trinajstić information content (AvgIpc) is 3.00. The quantitative estimate of drug-likeness (QED) is 0.750. The van der Waals surface area contributed by atoms with Gasteiger partial charge in [0.05, 0.1) is 25.4 Å². The van der Waals surface area contributed by atoms with Crippen molar-refractivity contribution in [2.45, 2.75) is 6.92 Å². The highest BCUT2D eigenvalue weighted by atomic mass is 16.5. The molecule has 1 saturated heterocycles. The monoisotopic (exact) mass is 325 g/mol. The summed E-state index contributed by atoms with van der Waals surface area (Å²) in [7, 11) is 0. The number of morpholine rings is 1. The van der Waals surface area contributed by atoms with Crippen molar-refractivity contribution in [1.82, 2.24) is 9.97 Å². The standard InChI is InChI=1S/C18H19N3O3/c1-2-24-18(22)13-4-3-5-14-16(13)12-6-7-15(20-17(12)19-14)21-8-10-23-11-9-21/h3-7H,2,8-11H2,1H3,(H,19,20). The van der Waals surface area contributed by atoms with Gasteiger partial charge in [0.2, 0.25) is 0 Å². The molecular weight excluding hydrogens is 306 g/mol. The van der Waals surface area contributed by atoms with Crippen LogP contribution in [-0.2, 0) is 9.47 Å². The van der Waals surface area contributed by atoms with Crippen molar-refractivity contribution in [3.05, 3.63) is 35.9 Å². The Bertz CT molecular complexity index is 897. The van der Waals surface area contributed by atoms with Crippen LogP contribution in [0.1, 0.15) is 17.3 Å². The highest BCUT2D eigenvalue weighted by Gasteiger charge is 2.18. The number of aromatic nitrogens is 2. The van der Waals surface area contributed by atoms with Crippen LogP contribution in [0.15, 0.2) is 30.3 Å². The maximum absolute atomic E-state index is 12.2. The van der Waals surface area contributed by atoms with E-state index < -0.39 is 0 Å². The van der Waals surface area contributed by atoms with Crippen molar-refractivity contribution < 1.29 is 14.3 Å². The second-order valence-electron chi connectivity index (χ2n) is 5.74. The zero-order chi connectivity index (χ0) is 16.5. The van der Waals surface area contributed by atoms with E-state index in [1.165, 1.54) is 0 Å². The molecule has 0 atom stereocenters. The first-order valence-corrected chi connectivity index (χ1v) is 8.19. The van der Waals surface area contributed by atoms with Crippen molar-refractivity contribution >= 4 is 33.7 Å². The zero-order valence-corrected chi connectivity index (χ0v) is 13.5. The number of carbonyl (C=O) groups excluding carboxylic acids is 1. The summed E-state index contributed by atoms with van der Waals surface area (Å²) >= 11 is 0. The predicted octanol–water partition coefficient (Wildman–Crippen LogP) is 2.73. The summed E-state index contributed by atoms with van der Waals surface area (Å²) in [6.07, 6.45) is 0. The van der Waals surface area contributed by atoms with Crippen LogP contribution in [-0.4, -0.2) is 48.8 Å². The molecule has 0 spiro atoms. The lowest BCUT2D eigenvalue weighted by molar-refractivity contribution is 0.0529. The molecule has 1 N–H and O–H groups in total. The van der Waals surface area contributed by atoms with E-state index in [-0.39, 0.29) is 5.97 Å². The third kappa shape index (κ3) is 2.49. The third-order valence-corrected chi connectivity index (χ3v) is 4.30. The molecule has 124 valence electrons. The molecule has 2 aromatic heterocycles. The molecular formula is C18H19N3O3. The molecule has 0 radical (unpaired) electrons. The van der Waals surface area contributed by atoms with E-state index >= 15 is 0 Å². The van der Waals surface area contributed by atoms with Gasteiger partial charge in [-0.05, 0) is 31.2 Å². The van der Waals surface area contributed by atoms with Gasteiger partial charge >= 0.3 is 5.97 Å². The van der Waals surface area contributed by atoms with E-state index in [4.69, 9.17) is 14.5 Å². The molecule has 1 aromatic carbocycles.